The van der Waals surface area contributed by atoms with Crippen molar-refractivity contribution in [2.75, 3.05) is 18.5 Å². The third-order valence-corrected chi connectivity index (χ3v) is 4.38. The third kappa shape index (κ3) is 4.89. The molecule has 0 radical (unpaired) electrons. The van der Waals surface area contributed by atoms with Gasteiger partial charge in [-0.1, -0.05) is 0 Å². The Morgan fingerprint density at radius 3 is 2.71 bits per heavy atom. The topological polar surface area (TPSA) is 86.8 Å². The van der Waals surface area contributed by atoms with Crippen LogP contribution in [0, 0.1) is 0 Å². The number of esters is 1. The molecule has 2 aromatic rings. The van der Waals surface area contributed by atoms with E-state index in [0.29, 0.717) is 30.4 Å². The van der Waals surface area contributed by atoms with Gasteiger partial charge in [0.05, 0.1) is 5.56 Å². The molecule has 0 bridgehead atoms. The number of carbonyl (C=O) groups is 2. The zero-order valence-corrected chi connectivity index (χ0v) is 15.5. The fraction of sp³-hybridized carbons (Fsp3) is 0.278. The standard InChI is InChI=1S/C18H16F2N2O5S/c1-10(27-17(24)12-3-2-6-21-16(12)28-18(19)20)15(23)22-11-4-5-13-14(9-11)26-8-7-25-13/h2-6,9-10,18H,7-8H2,1H3,(H,22,23)/t10-/m1/s1. The van der Waals surface area contributed by atoms with Gasteiger partial charge in [-0.25, -0.2) is 9.78 Å². The van der Waals surface area contributed by atoms with Crippen molar-refractivity contribution in [3.05, 3.63) is 42.1 Å². The molecule has 0 aliphatic carbocycles. The highest BCUT2D eigenvalue weighted by Crippen LogP contribution is 2.32. The normalized spacial score (nSPS) is 13.7. The van der Waals surface area contributed by atoms with E-state index < -0.39 is 23.7 Å². The number of hydrogen-bond acceptors (Lipinski definition) is 7. The lowest BCUT2D eigenvalue weighted by Gasteiger charge is -2.19. The number of fused-ring (bicyclic) bond motifs is 1. The number of pyridine rings is 1. The second-order valence-electron chi connectivity index (χ2n) is 5.63. The van der Waals surface area contributed by atoms with Crippen molar-refractivity contribution in [2.45, 2.75) is 23.8 Å². The Labute approximate surface area is 163 Å². The molecule has 0 saturated carbocycles. The van der Waals surface area contributed by atoms with E-state index in [0.717, 1.165) is 0 Å². The molecule has 0 saturated heterocycles. The van der Waals surface area contributed by atoms with Crippen molar-refractivity contribution in [3.63, 3.8) is 0 Å². The third-order valence-electron chi connectivity index (χ3n) is 3.65. The number of thioether (sulfide) groups is 1. The van der Waals surface area contributed by atoms with Crippen LogP contribution in [0.15, 0.2) is 41.6 Å². The summed E-state index contributed by atoms with van der Waals surface area (Å²) >= 11 is 0.133. The molecule has 148 valence electrons. The Kier molecular flexibility index (Phi) is 6.30. The number of hydrogen-bond donors (Lipinski definition) is 1. The van der Waals surface area contributed by atoms with Crippen molar-refractivity contribution in [3.8, 4) is 11.5 Å². The monoisotopic (exact) mass is 410 g/mol. The minimum absolute atomic E-state index is 0.133. The number of amides is 1. The van der Waals surface area contributed by atoms with Crippen molar-refractivity contribution in [1.29, 1.82) is 0 Å². The molecule has 10 heteroatoms. The molecule has 1 aliphatic heterocycles. The second-order valence-corrected chi connectivity index (χ2v) is 6.61. The van der Waals surface area contributed by atoms with Crippen molar-refractivity contribution >= 4 is 29.3 Å². The van der Waals surface area contributed by atoms with Crippen LogP contribution < -0.4 is 14.8 Å². The summed E-state index contributed by atoms with van der Waals surface area (Å²) in [5.74, 6) is -3.17. The van der Waals surface area contributed by atoms with Crippen molar-refractivity contribution in [2.24, 2.45) is 0 Å². The molecule has 1 amide bonds. The number of alkyl halides is 2. The fourth-order valence-electron chi connectivity index (χ4n) is 2.37. The number of nitrogens with zero attached hydrogens (tertiary/aromatic N) is 1. The molecule has 1 aromatic heterocycles. The van der Waals surface area contributed by atoms with E-state index >= 15 is 0 Å². The van der Waals surface area contributed by atoms with Gasteiger partial charge in [-0.3, -0.25) is 4.79 Å². The van der Waals surface area contributed by atoms with Crippen LogP contribution in [0.25, 0.3) is 0 Å². The predicted molar refractivity (Wildman–Crippen MR) is 97.0 cm³/mol. The molecule has 1 atom stereocenters. The van der Waals surface area contributed by atoms with Gasteiger partial charge in [0.2, 0.25) is 0 Å². The average Bonchev–Trinajstić information content (AvgIpc) is 2.67. The van der Waals surface area contributed by atoms with Gasteiger partial charge in [-0.15, -0.1) is 0 Å². The largest absolute Gasteiger partial charge is 0.486 e. The fourth-order valence-corrected chi connectivity index (χ4v) is 2.94. The SMILES string of the molecule is C[C@@H](OC(=O)c1cccnc1SC(F)F)C(=O)Nc1ccc2c(c1)OCCO2. The zero-order chi connectivity index (χ0) is 20.1. The zero-order valence-electron chi connectivity index (χ0n) is 14.7. The van der Waals surface area contributed by atoms with E-state index in [4.69, 9.17) is 14.2 Å². The number of aromatic nitrogens is 1. The summed E-state index contributed by atoms with van der Waals surface area (Å²) in [7, 11) is 0. The minimum Gasteiger partial charge on any atom is -0.486 e. The Morgan fingerprint density at radius 1 is 1.21 bits per heavy atom. The molecule has 1 aliphatic rings. The molecule has 0 fully saturated rings. The van der Waals surface area contributed by atoms with Crippen LogP contribution in [0.1, 0.15) is 17.3 Å². The summed E-state index contributed by atoms with van der Waals surface area (Å²) in [4.78, 5) is 28.3. The van der Waals surface area contributed by atoms with E-state index in [9.17, 15) is 18.4 Å². The van der Waals surface area contributed by atoms with Crippen LogP contribution in [0.3, 0.4) is 0 Å². The van der Waals surface area contributed by atoms with Gasteiger partial charge in [0, 0.05) is 18.0 Å². The van der Waals surface area contributed by atoms with Gasteiger partial charge in [-0.2, -0.15) is 8.78 Å². The summed E-state index contributed by atoms with van der Waals surface area (Å²) in [5.41, 5.74) is 0.305. The van der Waals surface area contributed by atoms with E-state index in [1.165, 1.54) is 25.3 Å². The Morgan fingerprint density at radius 2 is 1.96 bits per heavy atom. The highest BCUT2D eigenvalue weighted by Gasteiger charge is 2.23. The van der Waals surface area contributed by atoms with Crippen molar-refractivity contribution in [1.82, 2.24) is 4.98 Å². The molecule has 3 rings (SSSR count). The predicted octanol–water partition coefficient (Wildman–Crippen LogP) is 3.35. The maximum atomic E-state index is 12.6. The number of rotatable bonds is 6. The van der Waals surface area contributed by atoms with Crippen LogP contribution in [-0.4, -0.2) is 41.9 Å². The molecular weight excluding hydrogens is 394 g/mol. The quantitative estimate of drug-likeness (QED) is 0.577. The summed E-state index contributed by atoms with van der Waals surface area (Å²) in [6, 6.07) is 7.61. The smallest absolute Gasteiger partial charge is 0.341 e. The highest BCUT2D eigenvalue weighted by molar-refractivity contribution is 7.99. The summed E-state index contributed by atoms with van der Waals surface area (Å²) in [5, 5.41) is 2.44. The Balaban J connectivity index is 1.64. The number of benzene rings is 1. The Hall–Kier alpha value is -2.88. The first-order chi connectivity index (χ1) is 13.4. The lowest BCUT2D eigenvalue weighted by atomic mass is 10.2. The lowest BCUT2D eigenvalue weighted by Crippen LogP contribution is -2.30. The van der Waals surface area contributed by atoms with Gasteiger partial charge in [0.25, 0.3) is 11.7 Å². The summed E-state index contributed by atoms with van der Waals surface area (Å²) < 4.78 is 41.2. The molecule has 28 heavy (non-hydrogen) atoms. The number of anilines is 1. The van der Waals surface area contributed by atoms with E-state index in [-0.39, 0.29) is 22.4 Å². The van der Waals surface area contributed by atoms with Gasteiger partial charge in [0.15, 0.2) is 17.6 Å². The molecule has 1 N–H and O–H groups in total. The van der Waals surface area contributed by atoms with E-state index in [2.05, 4.69) is 10.3 Å². The van der Waals surface area contributed by atoms with Gasteiger partial charge >= 0.3 is 5.97 Å². The molecule has 1 aromatic carbocycles. The lowest BCUT2D eigenvalue weighted by molar-refractivity contribution is -0.123. The minimum atomic E-state index is -2.74. The molecule has 0 unspecified atom stereocenters. The summed E-state index contributed by atoms with van der Waals surface area (Å²) in [6.45, 7) is 2.23. The number of ether oxygens (including phenoxy) is 3. The van der Waals surface area contributed by atoms with Crippen LogP contribution in [0.4, 0.5) is 14.5 Å². The first-order valence-corrected chi connectivity index (χ1v) is 9.13. The second kappa shape index (κ2) is 8.87. The number of halogens is 2. The molecule has 2 heterocycles. The maximum absolute atomic E-state index is 12.6. The van der Waals surface area contributed by atoms with Crippen molar-refractivity contribution < 1.29 is 32.6 Å². The summed E-state index contributed by atoms with van der Waals surface area (Å²) in [6.07, 6.45) is 0.129. The van der Waals surface area contributed by atoms with Gasteiger partial charge in [0.1, 0.15) is 18.2 Å². The van der Waals surface area contributed by atoms with Gasteiger partial charge in [-0.05, 0) is 43.0 Å². The molecule has 0 spiro atoms. The number of carbonyl (C=O) groups excluding carboxylic acids is 2. The average molecular weight is 410 g/mol. The molecular formula is C18H16F2N2O5S. The van der Waals surface area contributed by atoms with Gasteiger partial charge < -0.3 is 19.5 Å². The number of nitrogens with one attached hydrogen (secondary N) is 1. The maximum Gasteiger partial charge on any atom is 0.341 e. The Bertz CT molecular complexity index is 881. The first-order valence-electron chi connectivity index (χ1n) is 8.25. The van der Waals surface area contributed by atoms with Crippen LogP contribution in [-0.2, 0) is 9.53 Å². The first kappa shape index (κ1) is 19.9. The van der Waals surface area contributed by atoms with Crippen LogP contribution in [0.2, 0.25) is 0 Å². The van der Waals surface area contributed by atoms with E-state index in [1.807, 2.05) is 0 Å². The highest BCUT2D eigenvalue weighted by atomic mass is 32.2. The van der Waals surface area contributed by atoms with Crippen LogP contribution >= 0.6 is 11.8 Å². The molecule has 7 nitrogen and oxygen atoms in total. The van der Waals surface area contributed by atoms with E-state index in [1.54, 1.807) is 18.2 Å². The van der Waals surface area contributed by atoms with Crippen LogP contribution in [0.5, 0.6) is 11.5 Å².